The van der Waals surface area contributed by atoms with Gasteiger partial charge in [0.05, 0.1) is 0 Å². The molecule has 0 spiro atoms. The first kappa shape index (κ1) is 18.2. The average Bonchev–Trinajstić information content (AvgIpc) is 3.10. The molecule has 0 bridgehead atoms. The standard InChI is InChI=1S/C20H22N4OS/c1-4-24-13-21-23-20(24)26-18(16-8-6-5-7-9-16)19(25)22-17-12-14(2)10-11-15(17)3/h5-13,18H,4H2,1-3H3,(H,22,25)/t18-/m0/s1. The third-order valence-electron chi connectivity index (χ3n) is 4.14. The number of amides is 1. The minimum absolute atomic E-state index is 0.0689. The molecule has 1 atom stereocenters. The summed E-state index contributed by atoms with van der Waals surface area (Å²) >= 11 is 1.41. The molecule has 3 rings (SSSR count). The van der Waals surface area contributed by atoms with Crippen molar-refractivity contribution in [1.29, 1.82) is 0 Å². The van der Waals surface area contributed by atoms with Crippen molar-refractivity contribution in [1.82, 2.24) is 14.8 Å². The predicted molar refractivity (Wildman–Crippen MR) is 105 cm³/mol. The van der Waals surface area contributed by atoms with Gasteiger partial charge in [-0.15, -0.1) is 10.2 Å². The Morgan fingerprint density at radius 2 is 1.96 bits per heavy atom. The number of nitrogens with zero attached hydrogens (tertiary/aromatic N) is 3. The van der Waals surface area contributed by atoms with E-state index in [-0.39, 0.29) is 5.91 Å². The van der Waals surface area contributed by atoms with Crippen LogP contribution in [0.1, 0.15) is 28.9 Å². The first-order valence-corrected chi connectivity index (χ1v) is 9.44. The highest BCUT2D eigenvalue weighted by molar-refractivity contribution is 8.00. The van der Waals surface area contributed by atoms with Crippen LogP contribution >= 0.6 is 11.8 Å². The maximum absolute atomic E-state index is 13.1. The molecule has 6 heteroatoms. The van der Waals surface area contributed by atoms with Crippen molar-refractivity contribution in [2.24, 2.45) is 0 Å². The van der Waals surface area contributed by atoms with Gasteiger partial charge in [0.2, 0.25) is 5.91 Å². The Kier molecular flexibility index (Phi) is 5.73. The van der Waals surface area contributed by atoms with E-state index >= 15 is 0 Å². The number of hydrogen-bond acceptors (Lipinski definition) is 4. The lowest BCUT2D eigenvalue weighted by Gasteiger charge is -2.18. The fourth-order valence-corrected chi connectivity index (χ4v) is 3.70. The highest BCUT2D eigenvalue weighted by Crippen LogP contribution is 2.35. The summed E-state index contributed by atoms with van der Waals surface area (Å²) in [5.41, 5.74) is 3.93. The van der Waals surface area contributed by atoms with Gasteiger partial charge >= 0.3 is 0 Å². The third kappa shape index (κ3) is 4.14. The smallest absolute Gasteiger partial charge is 0.242 e. The number of thioether (sulfide) groups is 1. The Balaban J connectivity index is 1.90. The highest BCUT2D eigenvalue weighted by Gasteiger charge is 2.24. The number of carbonyl (C=O) groups is 1. The van der Waals surface area contributed by atoms with E-state index in [0.717, 1.165) is 34.1 Å². The van der Waals surface area contributed by atoms with Crippen LogP contribution in [0.4, 0.5) is 5.69 Å². The van der Waals surface area contributed by atoms with Gasteiger partial charge in [0.15, 0.2) is 5.16 Å². The summed E-state index contributed by atoms with van der Waals surface area (Å²) in [5, 5.41) is 11.5. The average molecular weight is 366 g/mol. The summed E-state index contributed by atoms with van der Waals surface area (Å²) in [6.45, 7) is 6.80. The van der Waals surface area contributed by atoms with Gasteiger partial charge in [-0.1, -0.05) is 54.2 Å². The van der Waals surface area contributed by atoms with E-state index < -0.39 is 5.25 Å². The Hall–Kier alpha value is -2.60. The molecule has 1 heterocycles. The molecule has 1 N–H and O–H groups in total. The van der Waals surface area contributed by atoms with Gasteiger partial charge in [-0.3, -0.25) is 4.79 Å². The molecule has 26 heavy (non-hydrogen) atoms. The van der Waals surface area contributed by atoms with E-state index in [0.29, 0.717) is 0 Å². The van der Waals surface area contributed by atoms with E-state index in [1.54, 1.807) is 6.33 Å². The number of anilines is 1. The molecule has 3 aromatic rings. The van der Waals surface area contributed by atoms with Gasteiger partial charge in [-0.25, -0.2) is 0 Å². The number of benzene rings is 2. The minimum atomic E-state index is -0.411. The Morgan fingerprint density at radius 3 is 2.69 bits per heavy atom. The zero-order valence-electron chi connectivity index (χ0n) is 15.1. The van der Waals surface area contributed by atoms with Crippen molar-refractivity contribution in [2.45, 2.75) is 37.7 Å². The molecular weight excluding hydrogens is 344 g/mol. The van der Waals surface area contributed by atoms with Gasteiger partial charge in [-0.05, 0) is 43.5 Å². The van der Waals surface area contributed by atoms with Crippen LogP contribution < -0.4 is 5.32 Å². The third-order valence-corrected chi connectivity index (χ3v) is 5.38. The van der Waals surface area contributed by atoms with E-state index in [9.17, 15) is 4.79 Å². The highest BCUT2D eigenvalue weighted by atomic mass is 32.2. The second-order valence-electron chi connectivity index (χ2n) is 6.12. The number of aryl methyl sites for hydroxylation is 3. The van der Waals surface area contributed by atoms with Gasteiger partial charge in [0, 0.05) is 12.2 Å². The number of rotatable bonds is 6. The van der Waals surface area contributed by atoms with E-state index in [1.807, 2.05) is 73.9 Å². The zero-order valence-corrected chi connectivity index (χ0v) is 16.0. The van der Waals surface area contributed by atoms with Gasteiger partial charge in [0.25, 0.3) is 0 Å². The lowest BCUT2D eigenvalue weighted by Crippen LogP contribution is -2.20. The summed E-state index contributed by atoms with van der Waals surface area (Å²) in [6, 6.07) is 15.8. The molecule has 0 aliphatic rings. The molecule has 0 saturated heterocycles. The molecule has 2 aromatic carbocycles. The van der Waals surface area contributed by atoms with Crippen molar-refractivity contribution in [2.75, 3.05) is 5.32 Å². The second-order valence-corrected chi connectivity index (χ2v) is 7.19. The quantitative estimate of drug-likeness (QED) is 0.658. The second kappa shape index (κ2) is 8.19. The largest absolute Gasteiger partial charge is 0.325 e. The first-order chi connectivity index (χ1) is 12.6. The molecular formula is C20H22N4OS. The van der Waals surface area contributed by atoms with Gasteiger partial charge in [0.1, 0.15) is 11.6 Å². The Labute approximate surface area is 157 Å². The lowest BCUT2D eigenvalue weighted by atomic mass is 10.1. The molecule has 0 aliphatic heterocycles. The Morgan fingerprint density at radius 1 is 1.19 bits per heavy atom. The molecule has 0 saturated carbocycles. The Bertz CT molecular complexity index is 892. The molecule has 1 aromatic heterocycles. The topological polar surface area (TPSA) is 59.8 Å². The van der Waals surface area contributed by atoms with Crippen molar-refractivity contribution < 1.29 is 4.79 Å². The summed E-state index contributed by atoms with van der Waals surface area (Å²) < 4.78 is 1.94. The molecule has 5 nitrogen and oxygen atoms in total. The molecule has 0 aliphatic carbocycles. The molecule has 0 unspecified atom stereocenters. The number of carbonyl (C=O) groups excluding carboxylic acids is 1. The van der Waals surface area contributed by atoms with E-state index in [1.165, 1.54) is 11.8 Å². The minimum Gasteiger partial charge on any atom is -0.325 e. The summed E-state index contributed by atoms with van der Waals surface area (Å²) in [7, 11) is 0. The van der Waals surface area contributed by atoms with E-state index in [4.69, 9.17) is 0 Å². The van der Waals surface area contributed by atoms with Gasteiger partial charge < -0.3 is 9.88 Å². The summed E-state index contributed by atoms with van der Waals surface area (Å²) in [5.74, 6) is -0.0689. The number of aromatic nitrogens is 3. The predicted octanol–water partition coefficient (Wildman–Crippen LogP) is 4.39. The van der Waals surface area contributed by atoms with Crippen LogP contribution in [0, 0.1) is 13.8 Å². The zero-order chi connectivity index (χ0) is 18.5. The monoisotopic (exact) mass is 366 g/mol. The van der Waals surface area contributed by atoms with Crippen molar-refractivity contribution in [3.8, 4) is 0 Å². The number of hydrogen-bond donors (Lipinski definition) is 1. The maximum Gasteiger partial charge on any atom is 0.242 e. The molecule has 134 valence electrons. The SMILES string of the molecule is CCn1cnnc1S[C@H](C(=O)Nc1cc(C)ccc1C)c1ccccc1. The lowest BCUT2D eigenvalue weighted by molar-refractivity contribution is -0.115. The van der Waals surface area contributed by atoms with Crippen LogP contribution in [-0.2, 0) is 11.3 Å². The van der Waals surface area contributed by atoms with Gasteiger partial charge in [-0.2, -0.15) is 0 Å². The molecule has 0 fully saturated rings. The van der Waals surface area contributed by atoms with Crippen LogP contribution in [0.2, 0.25) is 0 Å². The van der Waals surface area contributed by atoms with Crippen LogP contribution in [0.25, 0.3) is 0 Å². The van der Waals surface area contributed by atoms with Crippen molar-refractivity contribution in [3.63, 3.8) is 0 Å². The van der Waals surface area contributed by atoms with E-state index in [2.05, 4.69) is 15.5 Å². The first-order valence-electron chi connectivity index (χ1n) is 8.56. The fraction of sp³-hybridized carbons (Fsp3) is 0.250. The fourth-order valence-electron chi connectivity index (χ4n) is 2.63. The van der Waals surface area contributed by atoms with Crippen molar-refractivity contribution >= 4 is 23.4 Å². The number of nitrogens with one attached hydrogen (secondary N) is 1. The van der Waals surface area contributed by atoms with Crippen LogP contribution in [-0.4, -0.2) is 20.7 Å². The van der Waals surface area contributed by atoms with Crippen LogP contribution in [0.5, 0.6) is 0 Å². The summed E-state index contributed by atoms with van der Waals surface area (Å²) in [4.78, 5) is 13.1. The van der Waals surface area contributed by atoms with Crippen LogP contribution in [0.15, 0.2) is 60.0 Å². The molecule has 1 amide bonds. The molecule has 0 radical (unpaired) electrons. The normalized spacial score (nSPS) is 12.0. The maximum atomic E-state index is 13.1. The van der Waals surface area contributed by atoms with Crippen molar-refractivity contribution in [3.05, 3.63) is 71.5 Å². The van der Waals surface area contributed by atoms with Crippen LogP contribution in [0.3, 0.4) is 0 Å². The summed E-state index contributed by atoms with van der Waals surface area (Å²) in [6.07, 6.45) is 1.69.